The van der Waals surface area contributed by atoms with Crippen LogP contribution in [-0.4, -0.2) is 29.3 Å². The van der Waals surface area contributed by atoms with Gasteiger partial charge in [0.1, 0.15) is 11.9 Å². The van der Waals surface area contributed by atoms with Crippen molar-refractivity contribution in [3.63, 3.8) is 0 Å². The SMILES string of the molecule is COC(=O)c1ccc2c(c1)C(=O)C(Cl)(Cl)[C@H](Cc1ccccc1)O2. The van der Waals surface area contributed by atoms with E-state index in [0.717, 1.165) is 5.56 Å². The number of hydrogen-bond donors (Lipinski definition) is 0. The number of esters is 1. The maximum atomic E-state index is 12.7. The van der Waals surface area contributed by atoms with Crippen LogP contribution in [0.2, 0.25) is 0 Å². The molecule has 1 heterocycles. The second-order valence-electron chi connectivity index (χ2n) is 5.45. The lowest BCUT2D eigenvalue weighted by Crippen LogP contribution is -2.48. The summed E-state index contributed by atoms with van der Waals surface area (Å²) in [6.45, 7) is 0. The molecule has 0 saturated heterocycles. The summed E-state index contributed by atoms with van der Waals surface area (Å²) in [5.41, 5.74) is 1.36. The largest absolute Gasteiger partial charge is 0.486 e. The van der Waals surface area contributed by atoms with E-state index in [9.17, 15) is 9.59 Å². The molecule has 1 aliphatic heterocycles. The molecule has 0 saturated carbocycles. The summed E-state index contributed by atoms with van der Waals surface area (Å²) in [5, 5.41) is 0. The molecule has 2 aromatic rings. The lowest BCUT2D eigenvalue weighted by atomic mass is 9.94. The molecule has 1 aliphatic rings. The second kappa shape index (κ2) is 6.46. The molecule has 4 nitrogen and oxygen atoms in total. The Morgan fingerprint density at radius 1 is 1.21 bits per heavy atom. The quantitative estimate of drug-likeness (QED) is 0.613. The Bertz CT molecular complexity index is 787. The van der Waals surface area contributed by atoms with Gasteiger partial charge in [0.25, 0.3) is 0 Å². The number of alkyl halides is 2. The standard InChI is InChI=1S/C18H14Cl2O4/c1-23-17(22)12-7-8-14-13(10-12)16(21)18(19,20)15(24-14)9-11-5-3-2-4-6-11/h2-8,10,15H,9H2,1H3/t15-/m0/s1. The van der Waals surface area contributed by atoms with E-state index in [2.05, 4.69) is 4.74 Å². The predicted octanol–water partition coefficient (Wildman–Crippen LogP) is 3.83. The van der Waals surface area contributed by atoms with Gasteiger partial charge in [0.05, 0.1) is 18.2 Å². The van der Waals surface area contributed by atoms with Gasteiger partial charge in [-0.05, 0) is 23.8 Å². The van der Waals surface area contributed by atoms with Crippen LogP contribution in [0.15, 0.2) is 48.5 Å². The van der Waals surface area contributed by atoms with Crippen LogP contribution in [0.5, 0.6) is 5.75 Å². The number of carbonyl (C=O) groups is 2. The molecule has 0 aliphatic carbocycles. The minimum Gasteiger partial charge on any atom is -0.486 e. The molecule has 3 rings (SSSR count). The highest BCUT2D eigenvalue weighted by Crippen LogP contribution is 2.41. The van der Waals surface area contributed by atoms with Crippen LogP contribution in [-0.2, 0) is 11.2 Å². The number of ether oxygens (including phenoxy) is 2. The highest BCUT2D eigenvalue weighted by Gasteiger charge is 2.49. The number of ketones is 1. The molecular weight excluding hydrogens is 351 g/mol. The van der Waals surface area contributed by atoms with Crippen LogP contribution in [0.3, 0.4) is 0 Å². The predicted molar refractivity (Wildman–Crippen MR) is 91.1 cm³/mol. The summed E-state index contributed by atoms with van der Waals surface area (Å²) in [4.78, 5) is 24.3. The minimum atomic E-state index is -1.74. The minimum absolute atomic E-state index is 0.173. The van der Waals surface area contributed by atoms with E-state index in [4.69, 9.17) is 27.9 Å². The van der Waals surface area contributed by atoms with Crippen molar-refractivity contribution in [2.24, 2.45) is 0 Å². The Kier molecular flexibility index (Phi) is 4.52. The third-order valence-corrected chi connectivity index (χ3v) is 4.72. The number of methoxy groups -OCH3 is 1. The van der Waals surface area contributed by atoms with Gasteiger partial charge in [-0.25, -0.2) is 4.79 Å². The summed E-state index contributed by atoms with van der Waals surface area (Å²) in [6, 6.07) is 14.0. The van der Waals surface area contributed by atoms with Crippen LogP contribution >= 0.6 is 23.2 Å². The van der Waals surface area contributed by atoms with Crippen LogP contribution in [0, 0.1) is 0 Å². The van der Waals surface area contributed by atoms with Gasteiger partial charge in [0.15, 0.2) is 0 Å². The topological polar surface area (TPSA) is 52.6 Å². The molecule has 0 aromatic heterocycles. The molecule has 0 spiro atoms. The highest BCUT2D eigenvalue weighted by molar-refractivity contribution is 6.60. The van der Waals surface area contributed by atoms with E-state index in [-0.39, 0.29) is 11.1 Å². The van der Waals surface area contributed by atoms with E-state index in [1.54, 1.807) is 6.07 Å². The fourth-order valence-electron chi connectivity index (χ4n) is 2.61. The average Bonchev–Trinajstić information content (AvgIpc) is 2.60. The second-order valence-corrected chi connectivity index (χ2v) is 6.84. The van der Waals surface area contributed by atoms with Gasteiger partial charge >= 0.3 is 5.97 Å². The Labute approximate surface area is 149 Å². The zero-order chi connectivity index (χ0) is 17.3. The first kappa shape index (κ1) is 16.8. The molecule has 124 valence electrons. The van der Waals surface area contributed by atoms with Crippen molar-refractivity contribution in [3.05, 3.63) is 65.2 Å². The first-order valence-electron chi connectivity index (χ1n) is 7.29. The highest BCUT2D eigenvalue weighted by atomic mass is 35.5. The summed E-state index contributed by atoms with van der Waals surface area (Å²) in [6.07, 6.45) is -0.343. The Morgan fingerprint density at radius 3 is 2.58 bits per heavy atom. The number of hydrogen-bond acceptors (Lipinski definition) is 4. The Morgan fingerprint density at radius 2 is 1.92 bits per heavy atom. The van der Waals surface area contributed by atoms with E-state index in [0.29, 0.717) is 12.2 Å². The summed E-state index contributed by atoms with van der Waals surface area (Å²) in [5.74, 6) is -0.684. The van der Waals surface area contributed by atoms with Crippen molar-refractivity contribution >= 4 is 35.0 Å². The van der Waals surface area contributed by atoms with Crippen molar-refractivity contribution in [2.45, 2.75) is 16.9 Å². The number of fused-ring (bicyclic) bond motifs is 1. The van der Waals surface area contributed by atoms with Crippen molar-refractivity contribution in [2.75, 3.05) is 7.11 Å². The van der Waals surface area contributed by atoms with Crippen LogP contribution in [0.25, 0.3) is 0 Å². The molecule has 0 unspecified atom stereocenters. The van der Waals surface area contributed by atoms with E-state index in [1.807, 2.05) is 30.3 Å². The molecular formula is C18H14Cl2O4. The lowest BCUT2D eigenvalue weighted by Gasteiger charge is -2.34. The fraction of sp³-hybridized carbons (Fsp3) is 0.222. The third-order valence-electron chi connectivity index (χ3n) is 3.89. The normalized spacial score (nSPS) is 18.5. The molecule has 0 bridgehead atoms. The van der Waals surface area contributed by atoms with Gasteiger partial charge in [-0.3, -0.25) is 4.79 Å². The first-order chi connectivity index (χ1) is 11.4. The zero-order valence-electron chi connectivity index (χ0n) is 12.8. The molecule has 1 atom stereocenters. The van der Waals surface area contributed by atoms with Crippen LogP contribution in [0.4, 0.5) is 0 Å². The van der Waals surface area contributed by atoms with Crippen molar-refractivity contribution in [1.82, 2.24) is 0 Å². The van der Waals surface area contributed by atoms with E-state index < -0.39 is 22.2 Å². The van der Waals surface area contributed by atoms with Gasteiger partial charge in [-0.2, -0.15) is 0 Å². The summed E-state index contributed by atoms with van der Waals surface area (Å²) in [7, 11) is 1.27. The molecule has 0 fully saturated rings. The third kappa shape index (κ3) is 2.99. The molecule has 0 amide bonds. The molecule has 24 heavy (non-hydrogen) atoms. The number of benzene rings is 2. The number of Topliss-reactive ketones (excluding diaryl/α,β-unsaturated/α-hetero) is 1. The fourth-order valence-corrected chi connectivity index (χ4v) is 3.05. The number of halogens is 2. The Balaban J connectivity index is 1.95. The monoisotopic (exact) mass is 364 g/mol. The van der Waals surface area contributed by atoms with Crippen molar-refractivity contribution in [1.29, 1.82) is 0 Å². The number of carbonyl (C=O) groups excluding carboxylic acids is 2. The number of rotatable bonds is 3. The van der Waals surface area contributed by atoms with Gasteiger partial charge in [0.2, 0.25) is 10.1 Å². The smallest absolute Gasteiger partial charge is 0.337 e. The van der Waals surface area contributed by atoms with Crippen molar-refractivity contribution < 1.29 is 19.1 Å². The van der Waals surface area contributed by atoms with Gasteiger partial charge in [-0.15, -0.1) is 0 Å². The first-order valence-corrected chi connectivity index (χ1v) is 8.04. The zero-order valence-corrected chi connectivity index (χ0v) is 14.3. The lowest BCUT2D eigenvalue weighted by molar-refractivity contribution is 0.0600. The van der Waals surface area contributed by atoms with Gasteiger partial charge in [0, 0.05) is 6.42 Å². The molecule has 6 heteroatoms. The average molecular weight is 365 g/mol. The molecule has 0 N–H and O–H groups in total. The van der Waals surface area contributed by atoms with Crippen LogP contribution < -0.4 is 4.74 Å². The van der Waals surface area contributed by atoms with Gasteiger partial charge < -0.3 is 9.47 Å². The Hall–Kier alpha value is -2.04. The van der Waals surface area contributed by atoms with Crippen molar-refractivity contribution in [3.8, 4) is 5.75 Å². The van der Waals surface area contributed by atoms with E-state index in [1.165, 1.54) is 19.2 Å². The summed E-state index contributed by atoms with van der Waals surface area (Å²) < 4.78 is 8.77. The maximum absolute atomic E-state index is 12.7. The van der Waals surface area contributed by atoms with E-state index >= 15 is 0 Å². The molecule has 2 aromatic carbocycles. The molecule has 0 radical (unpaired) electrons. The maximum Gasteiger partial charge on any atom is 0.337 e. The van der Waals surface area contributed by atoms with Gasteiger partial charge in [-0.1, -0.05) is 53.5 Å². The van der Waals surface area contributed by atoms with Crippen LogP contribution in [0.1, 0.15) is 26.3 Å². The summed E-state index contributed by atoms with van der Waals surface area (Å²) >= 11 is 12.6.